The Bertz CT molecular complexity index is 1750. The number of carbonyl (C=O) groups excluding carboxylic acids is 1. The van der Waals surface area contributed by atoms with Gasteiger partial charge in [0.2, 0.25) is 5.91 Å². The maximum atomic E-state index is 13.1. The van der Waals surface area contributed by atoms with Crippen molar-refractivity contribution in [3.8, 4) is 0 Å². The topological polar surface area (TPSA) is 149 Å². The first-order chi connectivity index (χ1) is 40.3. The molecule has 0 aromatic carbocycles. The maximum Gasteiger partial charge on any atom is 0.220 e. The monoisotopic (exact) mass is 1140 g/mol. The summed E-state index contributed by atoms with van der Waals surface area (Å²) in [4.78, 5) is 13.1. The van der Waals surface area contributed by atoms with Gasteiger partial charge in [-0.2, -0.15) is 0 Å². The van der Waals surface area contributed by atoms with E-state index in [9.17, 15) is 30.3 Å². The van der Waals surface area contributed by atoms with Crippen LogP contribution in [0.25, 0.3) is 0 Å². The molecule has 0 aromatic heterocycles. The number of hydrogen-bond donors (Lipinski definition) is 6. The SMILES string of the molecule is CC/C=C\C/C=C\C/C=C\C/C=C\C/C=C\C/C=C\C/C=C\C/C=C\C/C=C\C/C=C\C/C=C\CCCCCC(=O)NC(COC1OC(CO)C(O)C(O)C1O)C(O)CCCCCCCCCCCCCCCCCCCCCCCC. The molecule has 0 saturated carbocycles. The molecule has 1 aliphatic rings. The fourth-order valence-electron chi connectivity index (χ4n) is 9.81. The number of aliphatic hydroxyl groups excluding tert-OH is 5. The fourth-order valence-corrected chi connectivity index (χ4v) is 9.81. The summed E-state index contributed by atoms with van der Waals surface area (Å²) in [5, 5.41) is 54.8. The number of ether oxygens (including phenoxy) is 2. The number of nitrogens with one attached hydrogen (secondary N) is 1. The van der Waals surface area contributed by atoms with Gasteiger partial charge < -0.3 is 40.3 Å². The van der Waals surface area contributed by atoms with Crippen LogP contribution in [0, 0.1) is 0 Å². The largest absolute Gasteiger partial charge is 0.394 e. The van der Waals surface area contributed by atoms with Gasteiger partial charge in [-0.25, -0.2) is 0 Å². The van der Waals surface area contributed by atoms with Crippen molar-refractivity contribution in [1.82, 2.24) is 5.32 Å². The summed E-state index contributed by atoms with van der Waals surface area (Å²) in [5.74, 6) is -0.179. The smallest absolute Gasteiger partial charge is 0.220 e. The van der Waals surface area contributed by atoms with Gasteiger partial charge in [0.1, 0.15) is 24.4 Å². The Morgan fingerprint density at radius 1 is 0.427 bits per heavy atom. The molecule has 1 rings (SSSR count). The third-order valence-electron chi connectivity index (χ3n) is 15.0. The molecule has 7 atom stereocenters. The van der Waals surface area contributed by atoms with Crippen molar-refractivity contribution < 1.29 is 39.8 Å². The molecule has 0 bridgehead atoms. The summed E-state index contributed by atoms with van der Waals surface area (Å²) >= 11 is 0. The number of allylic oxidation sites excluding steroid dienone is 22. The van der Waals surface area contributed by atoms with E-state index in [0.29, 0.717) is 12.8 Å². The van der Waals surface area contributed by atoms with Gasteiger partial charge in [0.05, 0.1) is 25.4 Å². The van der Waals surface area contributed by atoms with Crippen molar-refractivity contribution in [1.29, 1.82) is 0 Å². The number of unbranched alkanes of at least 4 members (excludes halogenated alkanes) is 24. The van der Waals surface area contributed by atoms with Gasteiger partial charge in [0.15, 0.2) is 6.29 Å². The van der Waals surface area contributed by atoms with Gasteiger partial charge in [0, 0.05) is 6.42 Å². The second-order valence-electron chi connectivity index (χ2n) is 22.5. The first-order valence-electron chi connectivity index (χ1n) is 33.4. The third kappa shape index (κ3) is 48.7. The molecule has 0 aromatic rings. The first kappa shape index (κ1) is 76.3. The number of carbonyl (C=O) groups is 1. The van der Waals surface area contributed by atoms with Gasteiger partial charge in [-0.3, -0.25) is 4.79 Å². The van der Waals surface area contributed by atoms with E-state index in [0.717, 1.165) is 116 Å². The summed E-state index contributed by atoms with van der Waals surface area (Å²) in [6.45, 7) is 3.72. The van der Waals surface area contributed by atoms with Crippen LogP contribution in [0.5, 0.6) is 0 Å². The van der Waals surface area contributed by atoms with E-state index >= 15 is 0 Å². The fraction of sp³-hybridized carbons (Fsp3) is 0.685. The van der Waals surface area contributed by atoms with Crippen molar-refractivity contribution in [3.63, 3.8) is 0 Å². The highest BCUT2D eigenvalue weighted by Gasteiger charge is 2.44. The van der Waals surface area contributed by atoms with E-state index < -0.39 is 49.5 Å². The lowest BCUT2D eigenvalue weighted by Crippen LogP contribution is -2.60. The van der Waals surface area contributed by atoms with E-state index in [1.165, 1.54) is 122 Å². The number of amides is 1. The maximum absolute atomic E-state index is 13.1. The minimum Gasteiger partial charge on any atom is -0.394 e. The van der Waals surface area contributed by atoms with Gasteiger partial charge in [-0.1, -0.05) is 295 Å². The number of hydrogen-bond acceptors (Lipinski definition) is 8. The van der Waals surface area contributed by atoms with Gasteiger partial charge >= 0.3 is 0 Å². The van der Waals surface area contributed by atoms with Crippen molar-refractivity contribution in [2.24, 2.45) is 0 Å². The lowest BCUT2D eigenvalue weighted by Gasteiger charge is -2.40. The van der Waals surface area contributed by atoms with Crippen LogP contribution in [0.15, 0.2) is 134 Å². The Morgan fingerprint density at radius 2 is 0.756 bits per heavy atom. The molecule has 0 aliphatic carbocycles. The second kappa shape index (κ2) is 60.5. The quantitative estimate of drug-likeness (QED) is 0.0261. The zero-order valence-electron chi connectivity index (χ0n) is 52.2. The Kier molecular flexibility index (Phi) is 56.3. The summed E-state index contributed by atoms with van der Waals surface area (Å²) < 4.78 is 11.3. The highest BCUT2D eigenvalue weighted by atomic mass is 16.7. The highest BCUT2D eigenvalue weighted by molar-refractivity contribution is 5.76. The minimum absolute atomic E-state index is 0.159. The number of aliphatic hydroxyl groups is 5. The Morgan fingerprint density at radius 3 is 1.11 bits per heavy atom. The second-order valence-corrected chi connectivity index (χ2v) is 22.5. The van der Waals surface area contributed by atoms with Gasteiger partial charge in [-0.15, -0.1) is 0 Å². The van der Waals surface area contributed by atoms with Gasteiger partial charge in [-0.05, 0) is 96.3 Å². The molecule has 0 radical (unpaired) electrons. The van der Waals surface area contributed by atoms with Crippen LogP contribution in [-0.2, 0) is 14.3 Å². The normalized spacial score (nSPS) is 19.2. The lowest BCUT2D eigenvalue weighted by atomic mass is 9.99. The molecule has 9 nitrogen and oxygen atoms in total. The molecule has 1 heterocycles. The zero-order chi connectivity index (χ0) is 59.3. The average Bonchev–Trinajstić information content (AvgIpc) is 3.59. The van der Waals surface area contributed by atoms with Crippen molar-refractivity contribution in [3.05, 3.63) is 134 Å². The standard InChI is InChI=1S/C73H123NO8/c1-3-5-7-9-11-13-15-17-19-21-23-25-27-28-29-30-31-32-33-34-35-36-37-38-39-40-41-43-45-47-49-51-53-55-57-59-61-63-69(77)74-66(65-81-73-72(80)71(79)70(78)68(64-75)82-73)67(76)62-60-58-56-54-52-50-48-46-44-42-26-24-22-20-18-16-14-12-10-8-6-4-2/h5,7,11,13,17,19,23,25,28-29,31-32,34-35,37-38,40-41,45,47,51,53,66-68,70-73,75-76,78-80H,3-4,6,8-10,12,14-16,18,20-22,24,26-27,30,33,36,39,42-44,46,48-50,52,54-65H2,1-2H3,(H,74,77)/b7-5-,13-11-,19-17-,25-23-,29-28-,32-31-,35-34-,38-37-,41-40-,47-45-,53-51-. The van der Waals surface area contributed by atoms with Crippen LogP contribution in [0.1, 0.15) is 264 Å². The van der Waals surface area contributed by atoms with Crippen LogP contribution in [0.3, 0.4) is 0 Å². The van der Waals surface area contributed by atoms with Crippen LogP contribution in [-0.4, -0.2) is 87.5 Å². The molecule has 0 spiro atoms. The third-order valence-corrected chi connectivity index (χ3v) is 15.0. The van der Waals surface area contributed by atoms with E-state index in [4.69, 9.17) is 9.47 Å². The molecule has 9 heteroatoms. The van der Waals surface area contributed by atoms with E-state index in [1.807, 2.05) is 0 Å². The number of rotatable bonds is 56. The molecule has 1 aliphatic heterocycles. The van der Waals surface area contributed by atoms with E-state index in [2.05, 4.69) is 153 Å². The van der Waals surface area contributed by atoms with Crippen molar-refractivity contribution >= 4 is 5.91 Å². The summed E-state index contributed by atoms with van der Waals surface area (Å²) in [7, 11) is 0. The molecular formula is C73H123NO8. The highest BCUT2D eigenvalue weighted by Crippen LogP contribution is 2.23. The molecule has 1 saturated heterocycles. The zero-order valence-corrected chi connectivity index (χ0v) is 52.2. The predicted octanol–water partition coefficient (Wildman–Crippen LogP) is 18.0. The van der Waals surface area contributed by atoms with Crippen LogP contribution >= 0.6 is 0 Å². The lowest BCUT2D eigenvalue weighted by molar-refractivity contribution is -0.302. The molecule has 1 fully saturated rings. The first-order valence-corrected chi connectivity index (χ1v) is 33.4. The Balaban J connectivity index is 2.21. The van der Waals surface area contributed by atoms with Crippen molar-refractivity contribution in [2.75, 3.05) is 13.2 Å². The Labute approximate surface area is 502 Å². The Hall–Kier alpha value is -3.67. The van der Waals surface area contributed by atoms with Crippen LogP contribution < -0.4 is 5.32 Å². The molecule has 82 heavy (non-hydrogen) atoms. The molecule has 1 amide bonds. The molecule has 7 unspecified atom stereocenters. The van der Waals surface area contributed by atoms with Gasteiger partial charge in [0.25, 0.3) is 0 Å². The molecule has 6 N–H and O–H groups in total. The van der Waals surface area contributed by atoms with Crippen molar-refractivity contribution in [2.45, 2.75) is 307 Å². The molecule has 468 valence electrons. The van der Waals surface area contributed by atoms with E-state index in [-0.39, 0.29) is 12.5 Å². The van der Waals surface area contributed by atoms with E-state index in [1.54, 1.807) is 0 Å². The summed E-state index contributed by atoms with van der Waals surface area (Å²) in [6.07, 6.45) is 84.9. The molecular weight excluding hydrogens is 1020 g/mol. The van der Waals surface area contributed by atoms with Crippen LogP contribution in [0.2, 0.25) is 0 Å². The minimum atomic E-state index is -1.57. The predicted molar refractivity (Wildman–Crippen MR) is 350 cm³/mol. The average molecular weight is 1140 g/mol. The van der Waals surface area contributed by atoms with Crippen LogP contribution in [0.4, 0.5) is 0 Å². The summed E-state index contributed by atoms with van der Waals surface area (Å²) in [6, 6.07) is -0.748. The summed E-state index contributed by atoms with van der Waals surface area (Å²) in [5.41, 5.74) is 0.